The predicted octanol–water partition coefficient (Wildman–Crippen LogP) is 4.00. The van der Waals surface area contributed by atoms with Crippen molar-refractivity contribution in [3.05, 3.63) is 52.1 Å². The van der Waals surface area contributed by atoms with Gasteiger partial charge < -0.3 is 15.5 Å². The van der Waals surface area contributed by atoms with Gasteiger partial charge in [0, 0.05) is 17.8 Å². The zero-order valence-electron chi connectivity index (χ0n) is 13.6. The van der Waals surface area contributed by atoms with Gasteiger partial charge in [0.25, 0.3) is 5.91 Å². The van der Waals surface area contributed by atoms with Gasteiger partial charge in [-0.15, -0.1) is 0 Å². The van der Waals surface area contributed by atoms with E-state index in [9.17, 15) is 4.79 Å². The average molecular weight is 367 g/mol. The monoisotopic (exact) mass is 366 g/mol. The molecule has 0 spiro atoms. The molecule has 1 aromatic heterocycles. The summed E-state index contributed by atoms with van der Waals surface area (Å²) in [6.07, 6.45) is 2.55. The fourth-order valence-electron chi connectivity index (χ4n) is 2.03. The highest BCUT2D eigenvalue weighted by Gasteiger charge is 2.09. The van der Waals surface area contributed by atoms with Crippen molar-refractivity contribution in [2.75, 3.05) is 37.8 Å². The van der Waals surface area contributed by atoms with Crippen LogP contribution in [0.1, 0.15) is 16.8 Å². The molecule has 0 bridgehead atoms. The van der Waals surface area contributed by atoms with Gasteiger partial charge in [0.05, 0.1) is 16.3 Å². The molecule has 2 rings (SSSR count). The number of pyridine rings is 1. The van der Waals surface area contributed by atoms with Crippen LogP contribution in [-0.4, -0.2) is 43.0 Å². The first-order valence-corrected chi connectivity index (χ1v) is 8.32. The molecule has 24 heavy (non-hydrogen) atoms. The number of carbonyl (C=O) groups is 1. The van der Waals surface area contributed by atoms with Crippen LogP contribution in [0, 0.1) is 0 Å². The summed E-state index contributed by atoms with van der Waals surface area (Å²) in [7, 11) is 4.08. The van der Waals surface area contributed by atoms with E-state index < -0.39 is 0 Å². The lowest BCUT2D eigenvalue weighted by Crippen LogP contribution is -2.17. The molecule has 0 saturated heterocycles. The molecule has 0 radical (unpaired) electrons. The van der Waals surface area contributed by atoms with Crippen molar-refractivity contribution >= 4 is 40.6 Å². The fourth-order valence-corrected chi connectivity index (χ4v) is 2.49. The van der Waals surface area contributed by atoms with Gasteiger partial charge in [-0.2, -0.15) is 0 Å². The summed E-state index contributed by atoms with van der Waals surface area (Å²) < 4.78 is 0. The maximum atomic E-state index is 12.2. The Morgan fingerprint density at radius 1 is 1.21 bits per heavy atom. The topological polar surface area (TPSA) is 57.3 Å². The Kier molecular flexibility index (Phi) is 6.85. The summed E-state index contributed by atoms with van der Waals surface area (Å²) >= 11 is 11.9. The first-order chi connectivity index (χ1) is 11.5. The fraction of sp³-hybridized carbons (Fsp3) is 0.294. The van der Waals surface area contributed by atoms with E-state index in [1.165, 1.54) is 6.20 Å². The smallest absolute Gasteiger partial charge is 0.257 e. The number of anilines is 2. The molecule has 0 atom stereocenters. The largest absolute Gasteiger partial charge is 0.370 e. The van der Waals surface area contributed by atoms with Gasteiger partial charge in [-0.25, -0.2) is 4.98 Å². The molecule has 0 unspecified atom stereocenters. The van der Waals surface area contributed by atoms with Gasteiger partial charge in [0.15, 0.2) is 0 Å². The van der Waals surface area contributed by atoms with E-state index in [1.807, 2.05) is 14.1 Å². The summed E-state index contributed by atoms with van der Waals surface area (Å²) in [6, 6.07) is 8.42. The number of amides is 1. The third-order valence-corrected chi connectivity index (χ3v) is 3.84. The molecule has 0 aliphatic carbocycles. The van der Waals surface area contributed by atoms with E-state index in [2.05, 4.69) is 20.5 Å². The Morgan fingerprint density at radius 3 is 2.62 bits per heavy atom. The normalized spacial score (nSPS) is 10.7. The van der Waals surface area contributed by atoms with Crippen molar-refractivity contribution in [3.8, 4) is 0 Å². The van der Waals surface area contributed by atoms with E-state index in [0.29, 0.717) is 21.3 Å². The number of nitrogens with one attached hydrogen (secondary N) is 2. The summed E-state index contributed by atoms with van der Waals surface area (Å²) in [5.41, 5.74) is 0.969. The van der Waals surface area contributed by atoms with Gasteiger partial charge >= 0.3 is 0 Å². The van der Waals surface area contributed by atoms with Crippen molar-refractivity contribution in [2.24, 2.45) is 0 Å². The molecule has 5 nitrogen and oxygen atoms in total. The summed E-state index contributed by atoms with van der Waals surface area (Å²) in [5, 5.41) is 6.88. The van der Waals surface area contributed by atoms with Crippen molar-refractivity contribution in [1.82, 2.24) is 9.88 Å². The molecular formula is C17H20Cl2N4O. The maximum absolute atomic E-state index is 12.2. The number of nitrogens with zero attached hydrogens (tertiary/aromatic N) is 2. The lowest BCUT2D eigenvalue weighted by molar-refractivity contribution is 0.102. The van der Waals surface area contributed by atoms with Crippen LogP contribution < -0.4 is 10.6 Å². The van der Waals surface area contributed by atoms with E-state index >= 15 is 0 Å². The number of rotatable bonds is 7. The SMILES string of the molecule is CN(C)CCCNc1ccc(C(=O)Nc2ccc(Cl)cc2Cl)cn1. The quantitative estimate of drug-likeness (QED) is 0.727. The van der Waals surface area contributed by atoms with E-state index in [0.717, 1.165) is 25.3 Å². The second kappa shape index (κ2) is 8.87. The van der Waals surface area contributed by atoms with E-state index in [4.69, 9.17) is 23.2 Å². The molecule has 1 amide bonds. The standard InChI is InChI=1S/C17H20Cl2N4O/c1-23(2)9-3-8-20-16-7-4-12(11-21-16)17(24)22-15-6-5-13(18)10-14(15)19/h4-7,10-11H,3,8-9H2,1-2H3,(H,20,21)(H,22,24). The van der Waals surface area contributed by atoms with Crippen LogP contribution >= 0.6 is 23.2 Å². The number of hydrogen-bond donors (Lipinski definition) is 2. The van der Waals surface area contributed by atoms with Crippen LogP contribution in [0.4, 0.5) is 11.5 Å². The van der Waals surface area contributed by atoms with Crippen LogP contribution in [0.15, 0.2) is 36.5 Å². The van der Waals surface area contributed by atoms with Crippen molar-refractivity contribution in [1.29, 1.82) is 0 Å². The van der Waals surface area contributed by atoms with E-state index in [1.54, 1.807) is 30.3 Å². The van der Waals surface area contributed by atoms with Gasteiger partial charge in [-0.3, -0.25) is 4.79 Å². The lowest BCUT2D eigenvalue weighted by atomic mass is 10.2. The van der Waals surface area contributed by atoms with Crippen LogP contribution in [0.2, 0.25) is 10.0 Å². The minimum atomic E-state index is -0.272. The van der Waals surface area contributed by atoms with Crippen LogP contribution in [0.25, 0.3) is 0 Å². The number of halogens is 2. The first-order valence-electron chi connectivity index (χ1n) is 7.57. The lowest BCUT2D eigenvalue weighted by Gasteiger charge is -2.11. The van der Waals surface area contributed by atoms with Crippen molar-refractivity contribution < 1.29 is 4.79 Å². The third kappa shape index (κ3) is 5.67. The number of benzene rings is 1. The van der Waals surface area contributed by atoms with Gasteiger partial charge in [-0.05, 0) is 57.4 Å². The molecule has 128 valence electrons. The Morgan fingerprint density at radius 2 is 2.00 bits per heavy atom. The first kappa shape index (κ1) is 18.5. The Labute approximate surface area is 152 Å². The summed E-state index contributed by atoms with van der Waals surface area (Å²) in [6.45, 7) is 1.84. The zero-order chi connectivity index (χ0) is 17.5. The molecule has 2 N–H and O–H groups in total. The van der Waals surface area contributed by atoms with Crippen LogP contribution in [0.3, 0.4) is 0 Å². The molecule has 0 aliphatic rings. The highest BCUT2D eigenvalue weighted by molar-refractivity contribution is 6.36. The van der Waals surface area contributed by atoms with E-state index in [-0.39, 0.29) is 5.91 Å². The molecular weight excluding hydrogens is 347 g/mol. The second-order valence-electron chi connectivity index (χ2n) is 5.59. The summed E-state index contributed by atoms with van der Waals surface area (Å²) in [5.74, 6) is 0.473. The molecule has 0 saturated carbocycles. The maximum Gasteiger partial charge on any atom is 0.257 e. The number of hydrogen-bond acceptors (Lipinski definition) is 4. The van der Waals surface area contributed by atoms with Crippen molar-refractivity contribution in [3.63, 3.8) is 0 Å². The number of carbonyl (C=O) groups excluding carboxylic acids is 1. The van der Waals surface area contributed by atoms with Crippen LogP contribution in [0.5, 0.6) is 0 Å². The molecule has 2 aromatic rings. The molecule has 7 heteroatoms. The Hall–Kier alpha value is -1.82. The van der Waals surface area contributed by atoms with Crippen molar-refractivity contribution in [2.45, 2.75) is 6.42 Å². The zero-order valence-corrected chi connectivity index (χ0v) is 15.2. The highest BCUT2D eigenvalue weighted by atomic mass is 35.5. The van der Waals surface area contributed by atoms with Gasteiger partial charge in [0.2, 0.25) is 0 Å². The highest BCUT2D eigenvalue weighted by Crippen LogP contribution is 2.25. The Bertz CT molecular complexity index is 689. The third-order valence-electron chi connectivity index (χ3n) is 3.29. The molecule has 0 aliphatic heterocycles. The average Bonchev–Trinajstić information content (AvgIpc) is 2.54. The molecule has 1 heterocycles. The minimum absolute atomic E-state index is 0.272. The molecule has 1 aromatic carbocycles. The predicted molar refractivity (Wildman–Crippen MR) is 100 cm³/mol. The minimum Gasteiger partial charge on any atom is -0.370 e. The second-order valence-corrected chi connectivity index (χ2v) is 6.44. The Balaban J connectivity index is 1.91. The molecule has 0 fully saturated rings. The van der Waals surface area contributed by atoms with Crippen LogP contribution in [-0.2, 0) is 0 Å². The van der Waals surface area contributed by atoms with Gasteiger partial charge in [-0.1, -0.05) is 23.2 Å². The number of aromatic nitrogens is 1. The summed E-state index contributed by atoms with van der Waals surface area (Å²) in [4.78, 5) is 18.6. The van der Waals surface area contributed by atoms with Gasteiger partial charge in [0.1, 0.15) is 5.82 Å².